The number of aromatic nitrogens is 2. The van der Waals surface area contributed by atoms with E-state index in [1.807, 2.05) is 0 Å². The van der Waals surface area contributed by atoms with E-state index in [9.17, 15) is 29.1 Å². The van der Waals surface area contributed by atoms with Gasteiger partial charge in [0.05, 0.1) is 12.4 Å². The zero-order chi connectivity index (χ0) is 28.1. The lowest BCUT2D eigenvalue weighted by molar-refractivity contribution is -0.142. The first kappa shape index (κ1) is 30.0. The first-order valence-corrected chi connectivity index (χ1v) is 12.2. The number of hydrogen-bond donors (Lipinski definition) is 9. The van der Waals surface area contributed by atoms with Gasteiger partial charge in [-0.2, -0.15) is 0 Å². The Morgan fingerprint density at radius 2 is 1.76 bits per heavy atom. The van der Waals surface area contributed by atoms with Gasteiger partial charge in [-0.25, -0.2) is 9.78 Å². The third-order valence-electron chi connectivity index (χ3n) is 5.86. The molecule has 38 heavy (non-hydrogen) atoms. The molecule has 4 unspecified atom stereocenters. The largest absolute Gasteiger partial charge is 0.480 e. The molecule has 0 radical (unpaired) electrons. The number of H-pyrrole nitrogens is 1. The van der Waals surface area contributed by atoms with Crippen LogP contribution in [0, 0.1) is 0 Å². The van der Waals surface area contributed by atoms with Crippen molar-refractivity contribution in [3.05, 3.63) is 18.2 Å². The van der Waals surface area contributed by atoms with Crippen LogP contribution in [0.15, 0.2) is 17.5 Å². The normalized spacial score (nSPS) is 17.0. The van der Waals surface area contributed by atoms with E-state index in [-0.39, 0.29) is 44.1 Å². The van der Waals surface area contributed by atoms with Crippen molar-refractivity contribution < 1.29 is 29.1 Å². The predicted octanol–water partition coefficient (Wildman–Crippen LogP) is -3.44. The predicted molar refractivity (Wildman–Crippen MR) is 135 cm³/mol. The van der Waals surface area contributed by atoms with E-state index in [4.69, 9.17) is 17.2 Å². The summed E-state index contributed by atoms with van der Waals surface area (Å²) in [5.74, 6) is -3.98. The number of aliphatic imine (C=N–C) groups is 1. The third kappa shape index (κ3) is 10.4. The smallest absolute Gasteiger partial charge is 0.326 e. The van der Waals surface area contributed by atoms with Crippen molar-refractivity contribution in [1.82, 2.24) is 31.2 Å². The maximum Gasteiger partial charge on any atom is 0.326 e. The molecule has 1 fully saturated rings. The van der Waals surface area contributed by atoms with Crippen LogP contribution >= 0.6 is 0 Å². The number of nitrogens with one attached hydrogen (secondary N) is 5. The molecule has 16 heteroatoms. The quantitative estimate of drug-likeness (QED) is 0.0572. The van der Waals surface area contributed by atoms with Gasteiger partial charge in [-0.05, 0) is 38.6 Å². The molecule has 1 aliphatic heterocycles. The third-order valence-corrected chi connectivity index (χ3v) is 5.86. The Morgan fingerprint density at radius 1 is 1.05 bits per heavy atom. The zero-order valence-corrected chi connectivity index (χ0v) is 20.9. The van der Waals surface area contributed by atoms with E-state index >= 15 is 0 Å². The summed E-state index contributed by atoms with van der Waals surface area (Å²) in [5, 5.41) is 20.2. The van der Waals surface area contributed by atoms with Gasteiger partial charge in [-0.15, -0.1) is 0 Å². The highest BCUT2D eigenvalue weighted by molar-refractivity contribution is 5.94. The highest BCUT2D eigenvalue weighted by Gasteiger charge is 2.31. The number of carboxylic acid groups (broad SMARTS) is 1. The summed E-state index contributed by atoms with van der Waals surface area (Å²) in [6.07, 6.45) is 4.31. The molecule has 4 atom stereocenters. The lowest BCUT2D eigenvalue weighted by Gasteiger charge is -2.25. The van der Waals surface area contributed by atoms with Gasteiger partial charge >= 0.3 is 5.97 Å². The SMILES string of the molecule is NC(=O)CCC(NC(=O)C(Cc1cnc[nH]1)NC(=O)C(CCCN=C(N)N)NC(=O)C1CCCN1)C(=O)O. The molecule has 4 amide bonds. The molecule has 12 N–H and O–H groups in total. The van der Waals surface area contributed by atoms with Crippen LogP contribution in [0.4, 0.5) is 0 Å². The second-order valence-electron chi connectivity index (χ2n) is 8.91. The standard InChI is InChI=1S/C22H36N10O6/c23-17(33)6-5-15(21(37)38)31-20(36)16(9-12-10-26-11-29-12)32-19(35)14(4-2-8-28-22(24)25)30-18(34)13-3-1-7-27-13/h10-11,13-16,27H,1-9H2,(H2,23,33)(H,26,29)(H,30,34)(H,31,36)(H,32,35)(H,37,38)(H4,24,25,28). The van der Waals surface area contributed by atoms with Crippen LogP contribution in [0.5, 0.6) is 0 Å². The fraction of sp³-hybridized carbons (Fsp3) is 0.591. The van der Waals surface area contributed by atoms with Crippen LogP contribution in [-0.4, -0.2) is 87.9 Å². The molecular formula is C22H36N10O6. The molecule has 2 rings (SSSR count). The Bertz CT molecular complexity index is 989. The fourth-order valence-corrected chi connectivity index (χ4v) is 3.87. The topological polar surface area (TPSA) is 273 Å². The van der Waals surface area contributed by atoms with Gasteiger partial charge in [-0.1, -0.05) is 0 Å². The maximum atomic E-state index is 13.3. The number of primary amides is 1. The highest BCUT2D eigenvalue weighted by Crippen LogP contribution is 2.08. The van der Waals surface area contributed by atoms with E-state index in [0.29, 0.717) is 25.1 Å². The Balaban J connectivity index is 2.16. The average Bonchev–Trinajstić information content (AvgIpc) is 3.57. The monoisotopic (exact) mass is 536 g/mol. The van der Waals surface area contributed by atoms with Crippen molar-refractivity contribution in [3.63, 3.8) is 0 Å². The summed E-state index contributed by atoms with van der Waals surface area (Å²) in [7, 11) is 0. The number of guanidine groups is 1. The highest BCUT2D eigenvalue weighted by atomic mass is 16.4. The van der Waals surface area contributed by atoms with Crippen LogP contribution in [0.3, 0.4) is 0 Å². The molecule has 0 saturated carbocycles. The molecule has 0 aliphatic carbocycles. The van der Waals surface area contributed by atoms with Crippen LogP contribution in [0.2, 0.25) is 0 Å². The number of rotatable bonds is 16. The fourth-order valence-electron chi connectivity index (χ4n) is 3.87. The Morgan fingerprint density at radius 3 is 2.34 bits per heavy atom. The lowest BCUT2D eigenvalue weighted by Crippen LogP contribution is -2.57. The van der Waals surface area contributed by atoms with Gasteiger partial charge < -0.3 is 48.6 Å². The molecule has 210 valence electrons. The van der Waals surface area contributed by atoms with Gasteiger partial charge in [0.1, 0.15) is 18.1 Å². The van der Waals surface area contributed by atoms with E-state index in [1.165, 1.54) is 12.5 Å². The van der Waals surface area contributed by atoms with Gasteiger partial charge in [0.2, 0.25) is 23.6 Å². The molecule has 1 saturated heterocycles. The second-order valence-corrected chi connectivity index (χ2v) is 8.91. The van der Waals surface area contributed by atoms with Gasteiger partial charge in [0.25, 0.3) is 0 Å². The summed E-state index contributed by atoms with van der Waals surface area (Å²) in [4.78, 5) is 72.4. The number of amides is 4. The number of carbonyl (C=O) groups is 5. The van der Waals surface area contributed by atoms with Crippen LogP contribution in [0.25, 0.3) is 0 Å². The van der Waals surface area contributed by atoms with Gasteiger partial charge in [-0.3, -0.25) is 24.2 Å². The van der Waals surface area contributed by atoms with Gasteiger partial charge in [0.15, 0.2) is 5.96 Å². The van der Waals surface area contributed by atoms with Crippen molar-refractivity contribution in [2.24, 2.45) is 22.2 Å². The van der Waals surface area contributed by atoms with E-state index < -0.39 is 47.9 Å². The molecule has 1 aliphatic rings. The Kier molecular flexibility index (Phi) is 12.0. The van der Waals surface area contributed by atoms with Crippen molar-refractivity contribution >= 4 is 35.6 Å². The molecule has 2 heterocycles. The molecular weight excluding hydrogens is 500 g/mol. The Labute approximate surface area is 219 Å². The summed E-state index contributed by atoms with van der Waals surface area (Å²) in [6.45, 7) is 0.911. The first-order valence-electron chi connectivity index (χ1n) is 12.2. The lowest BCUT2D eigenvalue weighted by atomic mass is 10.1. The number of nitrogens with zero attached hydrogens (tertiary/aromatic N) is 2. The minimum atomic E-state index is -1.40. The number of imidazole rings is 1. The zero-order valence-electron chi connectivity index (χ0n) is 20.9. The second kappa shape index (κ2) is 15.1. The number of aromatic amines is 1. The van der Waals surface area contributed by atoms with Crippen molar-refractivity contribution in [1.29, 1.82) is 0 Å². The molecule has 16 nitrogen and oxygen atoms in total. The summed E-state index contributed by atoms with van der Waals surface area (Å²) >= 11 is 0. The average molecular weight is 537 g/mol. The van der Waals surface area contributed by atoms with E-state index in [0.717, 1.165) is 6.42 Å². The number of nitrogens with two attached hydrogens (primary N) is 3. The number of hydrogen-bond acceptors (Lipinski definition) is 8. The van der Waals surface area contributed by atoms with Gasteiger partial charge in [0, 0.05) is 31.3 Å². The molecule has 1 aromatic heterocycles. The molecule has 0 bridgehead atoms. The Hall–Kier alpha value is -4.21. The number of aliphatic carboxylic acids is 1. The summed E-state index contributed by atoms with van der Waals surface area (Å²) in [6, 6.07) is -4.07. The molecule has 0 aromatic carbocycles. The van der Waals surface area contributed by atoms with Crippen LogP contribution in [-0.2, 0) is 30.4 Å². The maximum absolute atomic E-state index is 13.3. The summed E-state index contributed by atoms with van der Waals surface area (Å²) < 4.78 is 0. The minimum absolute atomic E-state index is 0.0431. The van der Waals surface area contributed by atoms with Crippen molar-refractivity contribution in [2.45, 2.75) is 69.1 Å². The first-order chi connectivity index (χ1) is 18.1. The molecule has 0 spiro atoms. The van der Waals surface area contributed by atoms with Crippen molar-refractivity contribution in [3.8, 4) is 0 Å². The van der Waals surface area contributed by atoms with Crippen molar-refractivity contribution in [2.75, 3.05) is 13.1 Å². The number of carbonyl (C=O) groups excluding carboxylic acids is 4. The van der Waals surface area contributed by atoms with E-state index in [1.54, 1.807) is 0 Å². The van der Waals surface area contributed by atoms with Crippen LogP contribution < -0.4 is 38.5 Å². The number of carboxylic acids is 1. The van der Waals surface area contributed by atoms with E-state index in [2.05, 4.69) is 36.2 Å². The minimum Gasteiger partial charge on any atom is -0.480 e. The van der Waals surface area contributed by atoms with Crippen LogP contribution in [0.1, 0.15) is 44.2 Å². The summed E-state index contributed by atoms with van der Waals surface area (Å²) in [5.41, 5.74) is 16.3. The molecule has 1 aromatic rings.